The van der Waals surface area contributed by atoms with Crippen LogP contribution in [0, 0.1) is 11.6 Å². The highest BCUT2D eigenvalue weighted by molar-refractivity contribution is 5.97. The first kappa shape index (κ1) is 43.4. The van der Waals surface area contributed by atoms with Crippen molar-refractivity contribution < 1.29 is 37.5 Å². The van der Waals surface area contributed by atoms with Crippen molar-refractivity contribution >= 4 is 35.5 Å². The molecule has 0 unspecified atom stereocenters. The van der Waals surface area contributed by atoms with E-state index in [1.807, 2.05) is 60.7 Å². The number of guanidine groups is 2. The van der Waals surface area contributed by atoms with Crippen molar-refractivity contribution in [3.05, 3.63) is 191 Å². The van der Waals surface area contributed by atoms with Gasteiger partial charge >= 0.3 is 11.9 Å². The summed E-state index contributed by atoms with van der Waals surface area (Å²) in [6, 6.07) is 33.9. The summed E-state index contributed by atoms with van der Waals surface area (Å²) in [5.74, 6) is -1.27. The van der Waals surface area contributed by atoms with Crippen molar-refractivity contribution in [2.24, 2.45) is 21.8 Å². The molecule has 0 aliphatic rings. The molecule has 0 aliphatic carbocycles. The molecule has 0 aliphatic heterocycles. The monoisotopic (exact) mass is 840 g/mol. The van der Waals surface area contributed by atoms with Gasteiger partial charge in [-0.05, 0) is 104 Å². The van der Waals surface area contributed by atoms with Crippen molar-refractivity contribution in [3.63, 3.8) is 0 Å². The number of nitrogens with two attached hydrogens (primary N) is 2. The molecule has 4 aromatic carbocycles. The Kier molecular flexibility index (Phi) is 14.9. The van der Waals surface area contributed by atoms with Gasteiger partial charge in [0.05, 0.1) is 27.3 Å². The summed E-state index contributed by atoms with van der Waals surface area (Å²) in [6.07, 6.45) is 5.60. The van der Waals surface area contributed by atoms with Gasteiger partial charge in [-0.25, -0.2) is 28.3 Å². The van der Waals surface area contributed by atoms with E-state index in [-0.39, 0.29) is 25.0 Å². The first-order valence-corrected chi connectivity index (χ1v) is 19.0. The number of anilines is 2. The van der Waals surface area contributed by atoms with Gasteiger partial charge in [0.15, 0.2) is 0 Å². The fourth-order valence-corrected chi connectivity index (χ4v) is 6.10. The lowest BCUT2D eigenvalue weighted by atomic mass is 10.0. The molecule has 62 heavy (non-hydrogen) atoms. The highest BCUT2D eigenvalue weighted by Gasteiger charge is 2.21. The van der Waals surface area contributed by atoms with Crippen LogP contribution in [-0.4, -0.2) is 48.0 Å². The molecule has 0 spiro atoms. The van der Waals surface area contributed by atoms with Crippen molar-refractivity contribution in [1.82, 2.24) is 9.97 Å². The molecule has 0 radical (unpaired) electrons. The average molecular weight is 841 g/mol. The number of ether oxygens (including phenoxy) is 2. The van der Waals surface area contributed by atoms with Crippen LogP contribution in [0.25, 0.3) is 0 Å². The summed E-state index contributed by atoms with van der Waals surface area (Å²) < 4.78 is 38.1. The van der Waals surface area contributed by atoms with Gasteiger partial charge in [-0.2, -0.15) is 0 Å². The first-order chi connectivity index (χ1) is 30.1. The van der Waals surface area contributed by atoms with E-state index in [9.17, 15) is 18.4 Å². The molecule has 316 valence electrons. The third-order valence-electron chi connectivity index (χ3n) is 9.23. The van der Waals surface area contributed by atoms with Gasteiger partial charge in [-0.15, -0.1) is 0 Å². The zero-order valence-electron chi connectivity index (χ0n) is 33.7. The van der Waals surface area contributed by atoms with E-state index in [4.69, 9.17) is 30.6 Å². The molecule has 14 nitrogen and oxygen atoms in total. The molecular formula is C46H42F2N8O6. The number of aromatic nitrogens is 2. The summed E-state index contributed by atoms with van der Waals surface area (Å²) in [4.78, 5) is 47.8. The minimum absolute atomic E-state index is 0.0844. The van der Waals surface area contributed by atoms with Gasteiger partial charge in [-0.1, -0.05) is 60.7 Å². The molecule has 2 aromatic heterocycles. The van der Waals surface area contributed by atoms with E-state index in [1.54, 1.807) is 63.0 Å². The van der Waals surface area contributed by atoms with Gasteiger partial charge in [0.2, 0.25) is 11.9 Å². The van der Waals surface area contributed by atoms with Gasteiger partial charge in [0, 0.05) is 37.4 Å². The van der Waals surface area contributed by atoms with E-state index < -0.39 is 23.6 Å². The lowest BCUT2D eigenvalue weighted by Crippen LogP contribution is -2.38. The standard InChI is InChI=1S/C46H42F2N8O6/c1-59-39-19-11-31(12-20-39)27-35-5-3-25-51-43(35)55(29-33-7-15-37(47)16-8-33)45(49)53-61-41(57)23-24-42(58)62-54-46(50)56(30-34-9-17-38(48)18-10-34)44-36(6-4-26-52-44)28-32-13-21-40(60-2)22-14-32/h3-26H,27-30H2,1-2H3,(H2,49,53)(H2,50,54)/b24-23-. The smallest absolute Gasteiger partial charge is 0.359 e. The Bertz CT molecular complexity index is 2360. The Morgan fingerprint density at radius 3 is 1.27 bits per heavy atom. The Morgan fingerprint density at radius 2 is 0.919 bits per heavy atom. The van der Waals surface area contributed by atoms with Crippen LogP contribution in [0.1, 0.15) is 33.4 Å². The third-order valence-corrected chi connectivity index (χ3v) is 9.23. The molecule has 0 saturated carbocycles. The molecule has 6 aromatic rings. The summed E-state index contributed by atoms with van der Waals surface area (Å²) in [5.41, 5.74) is 17.6. The molecule has 0 saturated heterocycles. The van der Waals surface area contributed by atoms with Gasteiger partial charge in [0.1, 0.15) is 34.8 Å². The van der Waals surface area contributed by atoms with Crippen molar-refractivity contribution in [2.75, 3.05) is 24.0 Å². The van der Waals surface area contributed by atoms with Crippen LogP contribution in [0.2, 0.25) is 0 Å². The molecule has 0 atom stereocenters. The van der Waals surface area contributed by atoms with Crippen LogP contribution in [0.4, 0.5) is 20.4 Å². The Balaban J connectivity index is 1.16. The SMILES string of the molecule is COc1ccc(Cc2cccnc2N(Cc2ccc(F)cc2)C(N)=NOC(=O)/C=C\C(=O)ON=C(N)N(Cc2ccc(F)cc2)c2ncccc2Cc2ccc(OC)cc2)cc1. The fraction of sp³-hybridized carbons (Fsp3) is 0.130. The summed E-state index contributed by atoms with van der Waals surface area (Å²) in [5, 5.41) is 7.66. The highest BCUT2D eigenvalue weighted by Crippen LogP contribution is 2.26. The summed E-state index contributed by atoms with van der Waals surface area (Å²) in [6.45, 7) is 0.169. The number of pyridine rings is 2. The summed E-state index contributed by atoms with van der Waals surface area (Å²) in [7, 11) is 3.17. The second-order valence-electron chi connectivity index (χ2n) is 13.5. The van der Waals surface area contributed by atoms with Crippen molar-refractivity contribution in [2.45, 2.75) is 25.9 Å². The Morgan fingerprint density at radius 1 is 0.565 bits per heavy atom. The number of hydrogen-bond acceptors (Lipinski definition) is 10. The molecule has 0 bridgehead atoms. The third kappa shape index (κ3) is 12.2. The number of rotatable bonds is 16. The molecule has 0 fully saturated rings. The van der Waals surface area contributed by atoms with E-state index in [1.165, 1.54) is 34.1 Å². The van der Waals surface area contributed by atoms with E-state index in [0.29, 0.717) is 47.1 Å². The van der Waals surface area contributed by atoms with Crippen LogP contribution in [0.5, 0.6) is 11.5 Å². The topological polar surface area (TPSA) is 180 Å². The number of hydrogen-bond donors (Lipinski definition) is 2. The van der Waals surface area contributed by atoms with Crippen LogP contribution >= 0.6 is 0 Å². The number of oxime groups is 2. The quantitative estimate of drug-likeness (QED) is 0.0344. The minimum Gasteiger partial charge on any atom is -0.497 e. The molecule has 4 N–H and O–H groups in total. The fourth-order valence-electron chi connectivity index (χ4n) is 6.10. The second kappa shape index (κ2) is 21.2. The van der Waals surface area contributed by atoms with Crippen molar-refractivity contribution in [1.29, 1.82) is 0 Å². The Hall–Kier alpha value is -8.14. The molecule has 2 heterocycles. The van der Waals surface area contributed by atoms with E-state index >= 15 is 0 Å². The number of methoxy groups -OCH3 is 2. The van der Waals surface area contributed by atoms with E-state index in [0.717, 1.165) is 34.4 Å². The van der Waals surface area contributed by atoms with Crippen LogP contribution in [-0.2, 0) is 45.2 Å². The average Bonchev–Trinajstić information content (AvgIpc) is 3.30. The molecule has 6 rings (SSSR count). The van der Waals surface area contributed by atoms with E-state index in [2.05, 4.69) is 20.3 Å². The normalized spacial score (nSPS) is 11.5. The van der Waals surface area contributed by atoms with Gasteiger partial charge in [0.25, 0.3) is 0 Å². The maximum Gasteiger partial charge on any atom is 0.359 e. The Labute approximate surface area is 356 Å². The van der Waals surface area contributed by atoms with Crippen LogP contribution < -0.4 is 30.7 Å². The number of benzene rings is 4. The van der Waals surface area contributed by atoms with Crippen molar-refractivity contribution in [3.8, 4) is 11.5 Å². The number of carbonyl (C=O) groups is 2. The van der Waals surface area contributed by atoms with Gasteiger partial charge in [-0.3, -0.25) is 9.80 Å². The zero-order valence-corrected chi connectivity index (χ0v) is 33.7. The van der Waals surface area contributed by atoms with Crippen LogP contribution in [0.15, 0.2) is 156 Å². The lowest BCUT2D eigenvalue weighted by Gasteiger charge is -2.24. The minimum atomic E-state index is -1.07. The number of carbonyl (C=O) groups excluding carboxylic acids is 2. The van der Waals surface area contributed by atoms with Gasteiger partial charge < -0.3 is 30.6 Å². The molecule has 16 heteroatoms. The molecule has 0 amide bonds. The highest BCUT2D eigenvalue weighted by atomic mass is 19.1. The maximum atomic E-state index is 13.8. The lowest BCUT2D eigenvalue weighted by molar-refractivity contribution is -0.140. The maximum absolute atomic E-state index is 13.8. The summed E-state index contributed by atoms with van der Waals surface area (Å²) >= 11 is 0. The zero-order chi connectivity index (χ0) is 43.8. The predicted molar refractivity (Wildman–Crippen MR) is 230 cm³/mol. The number of halogens is 2. The predicted octanol–water partition coefficient (Wildman–Crippen LogP) is 6.77. The van der Waals surface area contributed by atoms with Crippen LogP contribution in [0.3, 0.4) is 0 Å². The second-order valence-corrected chi connectivity index (χ2v) is 13.5. The first-order valence-electron chi connectivity index (χ1n) is 19.0. The molecular weight excluding hydrogens is 799 g/mol. The largest absolute Gasteiger partial charge is 0.497 e. The number of nitrogens with zero attached hydrogens (tertiary/aromatic N) is 6.